The van der Waals surface area contributed by atoms with Crippen molar-refractivity contribution in [3.63, 3.8) is 0 Å². The molecule has 0 heterocycles. The average molecular weight is 255 g/mol. The van der Waals surface area contributed by atoms with Crippen LogP contribution in [0.15, 0.2) is 54.6 Å². The van der Waals surface area contributed by atoms with Crippen molar-refractivity contribution < 1.29 is 9.90 Å². The van der Waals surface area contributed by atoms with Crippen molar-refractivity contribution in [1.82, 2.24) is 0 Å². The van der Waals surface area contributed by atoms with E-state index in [0.717, 1.165) is 16.9 Å². The van der Waals surface area contributed by atoms with Gasteiger partial charge in [-0.25, -0.2) is 4.79 Å². The van der Waals surface area contributed by atoms with Crippen LogP contribution in [0.1, 0.15) is 12.5 Å². The predicted octanol–water partition coefficient (Wildman–Crippen LogP) is 3.61. The van der Waals surface area contributed by atoms with Crippen molar-refractivity contribution in [3.8, 4) is 0 Å². The molecule has 0 bridgehead atoms. The minimum Gasteiger partial charge on any atom is -0.480 e. The predicted molar refractivity (Wildman–Crippen MR) is 76.9 cm³/mol. The molecule has 2 aromatic carbocycles. The van der Waals surface area contributed by atoms with Crippen molar-refractivity contribution in [2.75, 3.05) is 4.90 Å². The van der Waals surface area contributed by atoms with Crippen LogP contribution in [-0.4, -0.2) is 17.1 Å². The number of hydrogen-bond donors (Lipinski definition) is 1. The maximum absolute atomic E-state index is 11.3. The summed E-state index contributed by atoms with van der Waals surface area (Å²) in [6.45, 7) is 3.70. The number of rotatable bonds is 4. The number of para-hydroxylation sites is 1. The Labute approximate surface area is 113 Å². The third kappa shape index (κ3) is 2.94. The standard InChI is InChI=1S/C16H17NO2/c1-12-8-10-15(11-9-12)17(13(2)16(18)19)14-6-4-3-5-7-14/h3-11,13H,1-2H3,(H,18,19)/t13-/m0/s1. The monoisotopic (exact) mass is 255 g/mol. The normalized spacial score (nSPS) is 11.9. The number of carbonyl (C=O) groups is 1. The molecule has 0 spiro atoms. The molecule has 0 unspecified atom stereocenters. The first kappa shape index (κ1) is 13.1. The fraction of sp³-hybridized carbons (Fsp3) is 0.188. The van der Waals surface area contributed by atoms with Crippen LogP contribution in [0.25, 0.3) is 0 Å². The Morgan fingerprint density at radius 2 is 1.53 bits per heavy atom. The van der Waals surface area contributed by atoms with E-state index in [-0.39, 0.29) is 0 Å². The maximum Gasteiger partial charge on any atom is 0.326 e. The van der Waals surface area contributed by atoms with Gasteiger partial charge in [-0.1, -0.05) is 35.9 Å². The van der Waals surface area contributed by atoms with E-state index < -0.39 is 12.0 Å². The van der Waals surface area contributed by atoms with Gasteiger partial charge in [0.05, 0.1) is 0 Å². The van der Waals surface area contributed by atoms with Gasteiger partial charge in [0, 0.05) is 11.4 Å². The number of aryl methyl sites for hydroxylation is 1. The molecule has 3 heteroatoms. The van der Waals surface area contributed by atoms with E-state index in [9.17, 15) is 9.90 Å². The third-order valence-corrected chi connectivity index (χ3v) is 3.09. The molecule has 19 heavy (non-hydrogen) atoms. The molecule has 0 radical (unpaired) electrons. The van der Waals surface area contributed by atoms with Gasteiger partial charge in [-0.05, 0) is 38.1 Å². The summed E-state index contributed by atoms with van der Waals surface area (Å²) in [6, 6.07) is 16.8. The highest BCUT2D eigenvalue weighted by atomic mass is 16.4. The van der Waals surface area contributed by atoms with E-state index in [0.29, 0.717) is 0 Å². The maximum atomic E-state index is 11.3. The SMILES string of the molecule is Cc1ccc(N(c2ccccc2)[C@@H](C)C(=O)O)cc1. The van der Waals surface area contributed by atoms with E-state index in [4.69, 9.17) is 0 Å². The van der Waals surface area contributed by atoms with Gasteiger partial charge < -0.3 is 10.0 Å². The topological polar surface area (TPSA) is 40.5 Å². The summed E-state index contributed by atoms with van der Waals surface area (Å²) in [6.07, 6.45) is 0. The van der Waals surface area contributed by atoms with Gasteiger partial charge in [0.25, 0.3) is 0 Å². The first-order chi connectivity index (χ1) is 9.09. The largest absolute Gasteiger partial charge is 0.480 e. The number of carboxylic acids is 1. The molecule has 98 valence electrons. The van der Waals surface area contributed by atoms with Gasteiger partial charge in [0.15, 0.2) is 0 Å². The molecule has 0 aliphatic carbocycles. The molecule has 3 nitrogen and oxygen atoms in total. The Kier molecular flexibility index (Phi) is 3.85. The molecular formula is C16H17NO2. The van der Waals surface area contributed by atoms with Crippen molar-refractivity contribution in [1.29, 1.82) is 0 Å². The Morgan fingerprint density at radius 3 is 2.05 bits per heavy atom. The Hall–Kier alpha value is -2.29. The lowest BCUT2D eigenvalue weighted by atomic mass is 10.1. The number of nitrogens with zero attached hydrogens (tertiary/aromatic N) is 1. The molecule has 0 amide bonds. The van der Waals surface area contributed by atoms with Crippen LogP contribution in [0.4, 0.5) is 11.4 Å². The van der Waals surface area contributed by atoms with Gasteiger partial charge in [-0.15, -0.1) is 0 Å². The highest BCUT2D eigenvalue weighted by Gasteiger charge is 2.22. The number of hydrogen-bond acceptors (Lipinski definition) is 2. The second kappa shape index (κ2) is 5.57. The lowest BCUT2D eigenvalue weighted by Crippen LogP contribution is -2.35. The molecule has 0 aliphatic heterocycles. The fourth-order valence-electron chi connectivity index (χ4n) is 2.00. The second-order valence-electron chi connectivity index (χ2n) is 4.56. The van der Waals surface area contributed by atoms with Crippen LogP contribution in [-0.2, 0) is 4.79 Å². The van der Waals surface area contributed by atoms with E-state index in [1.807, 2.05) is 66.4 Å². The van der Waals surface area contributed by atoms with Gasteiger partial charge in [0.1, 0.15) is 6.04 Å². The van der Waals surface area contributed by atoms with Crippen LogP contribution in [0, 0.1) is 6.92 Å². The van der Waals surface area contributed by atoms with Gasteiger partial charge >= 0.3 is 5.97 Å². The molecule has 2 aromatic rings. The zero-order valence-electron chi connectivity index (χ0n) is 11.1. The fourth-order valence-corrected chi connectivity index (χ4v) is 2.00. The lowest BCUT2D eigenvalue weighted by Gasteiger charge is -2.28. The molecule has 0 fully saturated rings. The third-order valence-electron chi connectivity index (χ3n) is 3.09. The summed E-state index contributed by atoms with van der Waals surface area (Å²) in [5.41, 5.74) is 2.91. The van der Waals surface area contributed by atoms with Crippen LogP contribution >= 0.6 is 0 Å². The lowest BCUT2D eigenvalue weighted by molar-refractivity contribution is -0.137. The first-order valence-electron chi connectivity index (χ1n) is 6.23. The molecular weight excluding hydrogens is 238 g/mol. The first-order valence-corrected chi connectivity index (χ1v) is 6.23. The van der Waals surface area contributed by atoms with Crippen molar-refractivity contribution >= 4 is 17.3 Å². The summed E-state index contributed by atoms with van der Waals surface area (Å²) in [5, 5.41) is 9.29. The minimum absolute atomic E-state index is 0.620. The Bertz CT molecular complexity index is 549. The van der Waals surface area contributed by atoms with E-state index in [1.165, 1.54) is 0 Å². The van der Waals surface area contributed by atoms with E-state index >= 15 is 0 Å². The zero-order valence-corrected chi connectivity index (χ0v) is 11.1. The van der Waals surface area contributed by atoms with E-state index in [2.05, 4.69) is 0 Å². The molecule has 0 aliphatic rings. The van der Waals surface area contributed by atoms with Gasteiger partial charge in [-0.2, -0.15) is 0 Å². The minimum atomic E-state index is -0.843. The molecule has 1 atom stereocenters. The second-order valence-corrected chi connectivity index (χ2v) is 4.56. The summed E-state index contributed by atoms with van der Waals surface area (Å²) in [5.74, 6) is -0.843. The van der Waals surface area contributed by atoms with Gasteiger partial charge in [-0.3, -0.25) is 0 Å². The molecule has 0 saturated carbocycles. The summed E-state index contributed by atoms with van der Waals surface area (Å²) in [7, 11) is 0. The summed E-state index contributed by atoms with van der Waals surface area (Å²) < 4.78 is 0. The molecule has 1 N–H and O–H groups in total. The molecule has 0 aromatic heterocycles. The van der Waals surface area contributed by atoms with Crippen LogP contribution in [0.3, 0.4) is 0 Å². The van der Waals surface area contributed by atoms with Crippen LogP contribution < -0.4 is 4.90 Å². The average Bonchev–Trinajstić information content (AvgIpc) is 2.42. The highest BCUT2D eigenvalue weighted by Crippen LogP contribution is 2.27. The summed E-state index contributed by atoms with van der Waals surface area (Å²) >= 11 is 0. The van der Waals surface area contributed by atoms with Crippen molar-refractivity contribution in [2.24, 2.45) is 0 Å². The van der Waals surface area contributed by atoms with Crippen LogP contribution in [0.2, 0.25) is 0 Å². The Morgan fingerprint density at radius 1 is 1.00 bits per heavy atom. The van der Waals surface area contributed by atoms with Crippen molar-refractivity contribution in [3.05, 3.63) is 60.2 Å². The number of benzene rings is 2. The van der Waals surface area contributed by atoms with Crippen LogP contribution in [0.5, 0.6) is 0 Å². The van der Waals surface area contributed by atoms with Gasteiger partial charge in [0.2, 0.25) is 0 Å². The summed E-state index contributed by atoms with van der Waals surface area (Å²) in [4.78, 5) is 13.1. The smallest absolute Gasteiger partial charge is 0.326 e. The number of aliphatic carboxylic acids is 1. The number of anilines is 2. The zero-order chi connectivity index (χ0) is 13.8. The Balaban J connectivity index is 2.45. The van der Waals surface area contributed by atoms with E-state index in [1.54, 1.807) is 6.92 Å². The quantitative estimate of drug-likeness (QED) is 0.907. The van der Waals surface area contributed by atoms with Crippen molar-refractivity contribution in [2.45, 2.75) is 19.9 Å². The molecule has 2 rings (SSSR count). The number of carboxylic acid groups (broad SMARTS) is 1. The highest BCUT2D eigenvalue weighted by molar-refractivity contribution is 5.82. The molecule has 0 saturated heterocycles.